The number of ether oxygens (including phenoxy) is 3. The van der Waals surface area contributed by atoms with E-state index in [2.05, 4.69) is 62.5 Å². The summed E-state index contributed by atoms with van der Waals surface area (Å²) in [6.45, 7) is 16.3. The van der Waals surface area contributed by atoms with Crippen molar-refractivity contribution in [1.29, 1.82) is 0 Å². The minimum absolute atomic E-state index is 0.0228. The lowest BCUT2D eigenvalue weighted by molar-refractivity contribution is -0.149. The molecule has 0 radical (unpaired) electrons. The second kappa shape index (κ2) is 11.8. The Morgan fingerprint density at radius 2 is 1.86 bits per heavy atom. The molecule has 0 aromatic heterocycles. The summed E-state index contributed by atoms with van der Waals surface area (Å²) in [7, 11) is -1.95. The topological polar surface area (TPSA) is 71.1 Å². The zero-order chi connectivity index (χ0) is 27.6. The Labute approximate surface area is 237 Å². The number of carbonyl (C=O) groups is 2. The van der Waals surface area contributed by atoms with Crippen LogP contribution in [0.4, 0.5) is 0 Å². The lowest BCUT2D eigenvalue weighted by atomic mass is 9.74. The van der Waals surface area contributed by atoms with E-state index in [9.17, 15) is 9.59 Å². The van der Waals surface area contributed by atoms with Crippen LogP contribution in [0.15, 0.2) is 28.4 Å². The van der Waals surface area contributed by atoms with Crippen molar-refractivity contribution in [3.05, 3.63) is 39.5 Å². The number of cyclic esters (lactones) is 1. The van der Waals surface area contributed by atoms with E-state index in [1.165, 1.54) is 6.92 Å². The van der Waals surface area contributed by atoms with Crippen molar-refractivity contribution >= 4 is 42.8 Å². The molecule has 0 bridgehead atoms. The van der Waals surface area contributed by atoms with E-state index in [0.717, 1.165) is 31.2 Å². The van der Waals surface area contributed by atoms with Crippen molar-refractivity contribution in [3.8, 4) is 5.75 Å². The minimum Gasteiger partial charge on any atom is -0.463 e. The molecule has 0 N–H and O–H groups in total. The number of fused-ring (bicyclic) bond motifs is 1. The minimum atomic E-state index is -1.95. The molecule has 0 saturated heterocycles. The average molecular weight is 643 g/mol. The lowest BCUT2D eigenvalue weighted by Crippen LogP contribution is -2.44. The summed E-state index contributed by atoms with van der Waals surface area (Å²) < 4.78 is 26.0. The third-order valence-electron chi connectivity index (χ3n) is 7.82. The van der Waals surface area contributed by atoms with E-state index in [1.54, 1.807) is 13.8 Å². The molecule has 1 unspecified atom stereocenters. The van der Waals surface area contributed by atoms with E-state index >= 15 is 0 Å². The normalized spacial score (nSPS) is 24.7. The SMILES string of the molecule is CC(=O)O[C@H]1C[C@H](Cc2cccc3c2C(=O)OC(C)(C)O3)C[C@@H](CC(/C=C/I)O[Si](C)(C)C(C)(C)C)C1. The van der Waals surface area contributed by atoms with Crippen molar-refractivity contribution in [2.75, 3.05) is 0 Å². The van der Waals surface area contributed by atoms with Gasteiger partial charge in [-0.05, 0) is 77.8 Å². The van der Waals surface area contributed by atoms with Crippen LogP contribution < -0.4 is 4.74 Å². The fourth-order valence-electron chi connectivity index (χ4n) is 5.26. The molecule has 1 heterocycles. The van der Waals surface area contributed by atoms with Crippen molar-refractivity contribution in [3.63, 3.8) is 0 Å². The quantitative estimate of drug-likeness (QED) is 0.165. The molecule has 1 aromatic rings. The molecule has 1 aromatic carbocycles. The molecule has 6 nitrogen and oxygen atoms in total. The van der Waals surface area contributed by atoms with Crippen LogP contribution in [0.3, 0.4) is 0 Å². The monoisotopic (exact) mass is 642 g/mol. The van der Waals surface area contributed by atoms with Gasteiger partial charge in [-0.1, -0.05) is 61.6 Å². The number of rotatable bonds is 8. The summed E-state index contributed by atoms with van der Waals surface area (Å²) in [6.07, 6.45) is 6.21. The Hall–Kier alpha value is -1.39. The maximum Gasteiger partial charge on any atom is 0.345 e. The molecule has 2 aliphatic rings. The molecule has 4 atom stereocenters. The fourth-order valence-corrected chi connectivity index (χ4v) is 7.01. The maximum absolute atomic E-state index is 12.9. The molecule has 3 rings (SSSR count). The van der Waals surface area contributed by atoms with Gasteiger partial charge in [-0.25, -0.2) is 4.79 Å². The molecule has 0 spiro atoms. The average Bonchev–Trinajstić information content (AvgIpc) is 2.71. The first kappa shape index (κ1) is 30.2. The number of carbonyl (C=O) groups excluding carboxylic acids is 2. The smallest absolute Gasteiger partial charge is 0.345 e. The van der Waals surface area contributed by atoms with Crippen LogP contribution in [-0.4, -0.2) is 38.3 Å². The van der Waals surface area contributed by atoms with Crippen molar-refractivity contribution < 1.29 is 28.2 Å². The Morgan fingerprint density at radius 1 is 1.19 bits per heavy atom. The predicted octanol–water partition coefficient (Wildman–Crippen LogP) is 7.59. The zero-order valence-corrected chi connectivity index (χ0v) is 26.7. The van der Waals surface area contributed by atoms with Crippen LogP contribution >= 0.6 is 22.6 Å². The summed E-state index contributed by atoms with van der Waals surface area (Å²) in [6, 6.07) is 5.74. The van der Waals surface area contributed by atoms with Gasteiger partial charge >= 0.3 is 11.9 Å². The van der Waals surface area contributed by atoms with E-state index < -0.39 is 14.1 Å². The molecule has 8 heteroatoms. The van der Waals surface area contributed by atoms with Gasteiger partial charge in [-0.2, -0.15) is 0 Å². The van der Waals surface area contributed by atoms with Crippen LogP contribution in [0.5, 0.6) is 5.75 Å². The first-order valence-corrected chi connectivity index (χ1v) is 17.4. The third kappa shape index (κ3) is 8.05. The maximum atomic E-state index is 12.9. The van der Waals surface area contributed by atoms with Crippen molar-refractivity contribution in [2.45, 2.75) is 110 Å². The highest BCUT2D eigenvalue weighted by atomic mass is 127. The van der Waals surface area contributed by atoms with E-state index in [1.807, 2.05) is 22.3 Å². The summed E-state index contributed by atoms with van der Waals surface area (Å²) in [4.78, 5) is 24.7. The molecule has 37 heavy (non-hydrogen) atoms. The number of esters is 2. The number of benzene rings is 1. The van der Waals surface area contributed by atoms with Gasteiger partial charge in [0.05, 0.1) is 6.10 Å². The zero-order valence-electron chi connectivity index (χ0n) is 23.6. The summed E-state index contributed by atoms with van der Waals surface area (Å²) in [5, 5.41) is 0.122. The molecule has 1 fully saturated rings. The van der Waals surface area contributed by atoms with Gasteiger partial charge in [0.1, 0.15) is 17.4 Å². The summed E-state index contributed by atoms with van der Waals surface area (Å²) >= 11 is 2.26. The number of hydrogen-bond donors (Lipinski definition) is 0. The summed E-state index contributed by atoms with van der Waals surface area (Å²) in [5.74, 6) is -0.411. The largest absolute Gasteiger partial charge is 0.463 e. The van der Waals surface area contributed by atoms with Crippen LogP contribution in [0, 0.1) is 11.8 Å². The summed E-state index contributed by atoms with van der Waals surface area (Å²) in [5.41, 5.74) is 1.44. The Balaban J connectivity index is 1.81. The first-order valence-electron chi connectivity index (χ1n) is 13.3. The molecule has 1 aliphatic heterocycles. The standard InChI is InChI=1S/C29H43IO6Si/c1-19(31)33-24-17-20(15-22-10-9-11-25-26(22)27(32)35-29(5,6)34-25)14-21(18-24)16-23(12-13-30)36-37(7,8)28(2,3)4/h9-13,20-21,23-24H,14-18H2,1-8H3/b13-12+/t20-,21-,23?,24-/m0/s1. The van der Waals surface area contributed by atoms with E-state index in [0.29, 0.717) is 23.7 Å². The molecule has 206 valence electrons. The van der Waals surface area contributed by atoms with Crippen LogP contribution in [-0.2, 0) is 25.1 Å². The van der Waals surface area contributed by atoms with Crippen LogP contribution in [0.25, 0.3) is 0 Å². The van der Waals surface area contributed by atoms with Gasteiger partial charge in [0, 0.05) is 20.8 Å². The van der Waals surface area contributed by atoms with Gasteiger partial charge in [0.25, 0.3) is 0 Å². The van der Waals surface area contributed by atoms with Gasteiger partial charge in [0.15, 0.2) is 8.32 Å². The van der Waals surface area contributed by atoms with Crippen LogP contribution in [0.1, 0.15) is 83.1 Å². The molecular weight excluding hydrogens is 599 g/mol. The van der Waals surface area contributed by atoms with Gasteiger partial charge in [-0.3, -0.25) is 4.79 Å². The molecule has 0 amide bonds. The second-order valence-electron chi connectivity index (χ2n) is 12.5. The third-order valence-corrected chi connectivity index (χ3v) is 12.7. The Kier molecular flexibility index (Phi) is 9.60. The second-order valence-corrected chi connectivity index (χ2v) is 18.0. The highest BCUT2D eigenvalue weighted by Gasteiger charge is 2.41. The number of halogens is 1. The molecular formula is C29H43IO6Si. The van der Waals surface area contributed by atoms with Crippen molar-refractivity contribution in [1.82, 2.24) is 0 Å². The van der Waals surface area contributed by atoms with Gasteiger partial charge in [0.2, 0.25) is 5.79 Å². The Morgan fingerprint density at radius 3 is 2.49 bits per heavy atom. The van der Waals surface area contributed by atoms with Crippen LogP contribution in [0.2, 0.25) is 18.1 Å². The van der Waals surface area contributed by atoms with E-state index in [4.69, 9.17) is 18.6 Å². The van der Waals surface area contributed by atoms with Gasteiger partial charge in [-0.15, -0.1) is 0 Å². The highest BCUT2D eigenvalue weighted by molar-refractivity contribution is 14.1. The lowest BCUT2D eigenvalue weighted by Gasteiger charge is -2.41. The predicted molar refractivity (Wildman–Crippen MR) is 157 cm³/mol. The van der Waals surface area contributed by atoms with Gasteiger partial charge < -0.3 is 18.6 Å². The fraction of sp³-hybridized carbons (Fsp3) is 0.655. The number of hydrogen-bond acceptors (Lipinski definition) is 6. The van der Waals surface area contributed by atoms with E-state index in [-0.39, 0.29) is 35.1 Å². The van der Waals surface area contributed by atoms with Crippen molar-refractivity contribution in [2.24, 2.45) is 11.8 Å². The molecule has 1 aliphatic carbocycles. The molecule has 1 saturated carbocycles. The Bertz CT molecular complexity index is 1010. The first-order chi connectivity index (χ1) is 17.1. The highest BCUT2D eigenvalue weighted by Crippen LogP contribution is 2.42.